The number of amides is 1. The molecule has 0 radical (unpaired) electrons. The number of rotatable bonds is 5. The molecule has 1 N–H and O–H groups in total. The lowest BCUT2D eigenvalue weighted by Crippen LogP contribution is -2.23. The van der Waals surface area contributed by atoms with Crippen molar-refractivity contribution in [2.45, 2.75) is 40.2 Å². The van der Waals surface area contributed by atoms with Crippen LogP contribution in [0.2, 0.25) is 0 Å². The number of pyridine rings is 1. The van der Waals surface area contributed by atoms with E-state index < -0.39 is 0 Å². The molecule has 0 aromatic carbocycles. The maximum absolute atomic E-state index is 11.9. The number of aryl methyl sites for hydroxylation is 3. The Hall–Kier alpha value is -2.17. The van der Waals surface area contributed by atoms with Crippen molar-refractivity contribution in [3.63, 3.8) is 0 Å². The SMILES string of the molecule is Cc1ccc(CNC(=O)CCc2c(C)nn(C)c2C)cn1. The number of nitrogens with zero attached hydrogens (tertiary/aromatic N) is 3. The van der Waals surface area contributed by atoms with E-state index in [2.05, 4.69) is 15.4 Å². The maximum atomic E-state index is 11.9. The Kier molecular flexibility index (Phi) is 4.73. The highest BCUT2D eigenvalue weighted by Gasteiger charge is 2.11. The van der Waals surface area contributed by atoms with Gasteiger partial charge in [0.25, 0.3) is 0 Å². The minimum atomic E-state index is 0.0539. The fourth-order valence-electron chi connectivity index (χ4n) is 2.31. The third-order valence-electron chi connectivity index (χ3n) is 3.72. The molecule has 0 saturated heterocycles. The lowest BCUT2D eigenvalue weighted by atomic mass is 10.1. The molecule has 1 amide bonds. The number of carbonyl (C=O) groups is 1. The molecule has 0 unspecified atom stereocenters. The van der Waals surface area contributed by atoms with Gasteiger partial charge in [-0.25, -0.2) is 0 Å². The summed E-state index contributed by atoms with van der Waals surface area (Å²) < 4.78 is 1.86. The molecule has 2 rings (SSSR count). The van der Waals surface area contributed by atoms with Crippen LogP contribution in [0.5, 0.6) is 0 Å². The van der Waals surface area contributed by atoms with Crippen LogP contribution >= 0.6 is 0 Å². The zero-order valence-electron chi connectivity index (χ0n) is 13.1. The summed E-state index contributed by atoms with van der Waals surface area (Å²) in [5, 5.41) is 7.30. The average molecular weight is 286 g/mol. The minimum absolute atomic E-state index is 0.0539. The third-order valence-corrected chi connectivity index (χ3v) is 3.72. The molecule has 0 fully saturated rings. The zero-order valence-corrected chi connectivity index (χ0v) is 13.1. The van der Waals surface area contributed by atoms with Gasteiger partial charge in [-0.3, -0.25) is 14.5 Å². The standard InChI is InChI=1S/C16H22N4O/c1-11-5-6-14(9-17-11)10-18-16(21)8-7-15-12(2)19-20(4)13(15)3/h5-6,9H,7-8,10H2,1-4H3,(H,18,21). The zero-order chi connectivity index (χ0) is 15.4. The van der Waals surface area contributed by atoms with Gasteiger partial charge < -0.3 is 5.32 Å². The van der Waals surface area contributed by atoms with Gasteiger partial charge in [-0.2, -0.15) is 5.10 Å². The van der Waals surface area contributed by atoms with E-state index in [0.29, 0.717) is 13.0 Å². The van der Waals surface area contributed by atoms with Crippen LogP contribution < -0.4 is 5.32 Å². The average Bonchev–Trinajstić information content (AvgIpc) is 2.69. The van der Waals surface area contributed by atoms with Gasteiger partial charge >= 0.3 is 0 Å². The molecule has 0 spiro atoms. The van der Waals surface area contributed by atoms with Crippen molar-refractivity contribution in [1.29, 1.82) is 0 Å². The molecular formula is C16H22N4O. The van der Waals surface area contributed by atoms with E-state index >= 15 is 0 Å². The van der Waals surface area contributed by atoms with Crippen LogP contribution in [0.1, 0.15) is 34.6 Å². The third kappa shape index (κ3) is 3.90. The summed E-state index contributed by atoms with van der Waals surface area (Å²) in [4.78, 5) is 16.1. The Balaban J connectivity index is 1.83. The van der Waals surface area contributed by atoms with Gasteiger partial charge in [0, 0.05) is 37.6 Å². The fraction of sp³-hybridized carbons (Fsp3) is 0.438. The first-order valence-electron chi connectivity index (χ1n) is 7.14. The molecule has 5 heteroatoms. The van der Waals surface area contributed by atoms with E-state index in [1.165, 1.54) is 5.56 Å². The first-order chi connectivity index (χ1) is 9.97. The lowest BCUT2D eigenvalue weighted by molar-refractivity contribution is -0.121. The van der Waals surface area contributed by atoms with Crippen LogP contribution in [0.3, 0.4) is 0 Å². The molecule has 0 aliphatic carbocycles. The molecule has 2 aromatic heterocycles. The first-order valence-corrected chi connectivity index (χ1v) is 7.14. The summed E-state index contributed by atoms with van der Waals surface area (Å²) >= 11 is 0. The van der Waals surface area contributed by atoms with E-state index in [9.17, 15) is 4.79 Å². The van der Waals surface area contributed by atoms with Gasteiger partial charge in [0.15, 0.2) is 0 Å². The van der Waals surface area contributed by atoms with Crippen LogP contribution in [-0.2, 0) is 24.8 Å². The number of hydrogen-bond donors (Lipinski definition) is 1. The molecule has 0 aliphatic rings. The van der Waals surface area contributed by atoms with Crippen molar-refractivity contribution in [2.24, 2.45) is 7.05 Å². The van der Waals surface area contributed by atoms with Crippen molar-refractivity contribution < 1.29 is 4.79 Å². The second kappa shape index (κ2) is 6.52. The predicted octanol–water partition coefficient (Wildman–Crippen LogP) is 1.99. The second-order valence-corrected chi connectivity index (χ2v) is 5.36. The van der Waals surface area contributed by atoms with Crippen molar-refractivity contribution in [3.8, 4) is 0 Å². The van der Waals surface area contributed by atoms with E-state index in [-0.39, 0.29) is 5.91 Å². The number of nitrogens with one attached hydrogen (secondary N) is 1. The number of aromatic nitrogens is 3. The van der Waals surface area contributed by atoms with Crippen molar-refractivity contribution >= 4 is 5.91 Å². The van der Waals surface area contributed by atoms with Gasteiger partial charge in [0.05, 0.1) is 5.69 Å². The fourth-order valence-corrected chi connectivity index (χ4v) is 2.31. The molecule has 0 aliphatic heterocycles. The predicted molar refractivity (Wildman–Crippen MR) is 81.8 cm³/mol. The topological polar surface area (TPSA) is 59.8 Å². The monoisotopic (exact) mass is 286 g/mol. The van der Waals surface area contributed by atoms with Crippen LogP contribution in [0.4, 0.5) is 0 Å². The Morgan fingerprint density at radius 1 is 1.29 bits per heavy atom. The van der Waals surface area contributed by atoms with Gasteiger partial charge in [-0.1, -0.05) is 6.07 Å². The highest BCUT2D eigenvalue weighted by molar-refractivity contribution is 5.76. The maximum Gasteiger partial charge on any atom is 0.220 e. The van der Waals surface area contributed by atoms with E-state index in [0.717, 1.165) is 29.1 Å². The van der Waals surface area contributed by atoms with Crippen molar-refractivity contribution in [1.82, 2.24) is 20.1 Å². The van der Waals surface area contributed by atoms with Gasteiger partial charge in [-0.15, -0.1) is 0 Å². The Morgan fingerprint density at radius 3 is 2.62 bits per heavy atom. The van der Waals surface area contributed by atoms with E-state index in [4.69, 9.17) is 0 Å². The molecule has 2 aromatic rings. The van der Waals surface area contributed by atoms with Crippen LogP contribution in [0.15, 0.2) is 18.3 Å². The quantitative estimate of drug-likeness (QED) is 0.914. The normalized spacial score (nSPS) is 10.7. The highest BCUT2D eigenvalue weighted by atomic mass is 16.1. The summed E-state index contributed by atoms with van der Waals surface area (Å²) in [6.07, 6.45) is 3.00. The summed E-state index contributed by atoms with van der Waals surface area (Å²) in [6.45, 7) is 6.49. The smallest absolute Gasteiger partial charge is 0.220 e. The molecule has 0 bridgehead atoms. The second-order valence-electron chi connectivity index (χ2n) is 5.36. The molecule has 0 atom stereocenters. The number of carbonyl (C=O) groups excluding carboxylic acids is 1. The lowest BCUT2D eigenvalue weighted by Gasteiger charge is -2.06. The number of hydrogen-bond acceptors (Lipinski definition) is 3. The van der Waals surface area contributed by atoms with E-state index in [1.807, 2.05) is 44.6 Å². The molecule has 112 valence electrons. The molecule has 0 saturated carbocycles. The Bertz CT molecular complexity index is 628. The van der Waals surface area contributed by atoms with Crippen LogP contribution in [0.25, 0.3) is 0 Å². The summed E-state index contributed by atoms with van der Waals surface area (Å²) in [6, 6.07) is 3.93. The molecule has 2 heterocycles. The summed E-state index contributed by atoms with van der Waals surface area (Å²) in [5.41, 5.74) is 5.30. The summed E-state index contributed by atoms with van der Waals surface area (Å²) in [7, 11) is 1.93. The van der Waals surface area contributed by atoms with Gasteiger partial charge in [0.2, 0.25) is 5.91 Å². The highest BCUT2D eigenvalue weighted by Crippen LogP contribution is 2.13. The first kappa shape index (κ1) is 15.2. The van der Waals surface area contributed by atoms with Gasteiger partial charge in [-0.05, 0) is 44.4 Å². The van der Waals surface area contributed by atoms with Crippen molar-refractivity contribution in [3.05, 3.63) is 46.5 Å². The summed E-state index contributed by atoms with van der Waals surface area (Å²) in [5.74, 6) is 0.0539. The van der Waals surface area contributed by atoms with E-state index in [1.54, 1.807) is 6.20 Å². The largest absolute Gasteiger partial charge is 0.352 e. The molecule has 5 nitrogen and oxygen atoms in total. The Morgan fingerprint density at radius 2 is 2.05 bits per heavy atom. The van der Waals surface area contributed by atoms with Crippen LogP contribution in [0, 0.1) is 20.8 Å². The Labute approximate surface area is 125 Å². The molecule has 21 heavy (non-hydrogen) atoms. The van der Waals surface area contributed by atoms with Gasteiger partial charge in [0.1, 0.15) is 0 Å². The van der Waals surface area contributed by atoms with Crippen LogP contribution in [-0.4, -0.2) is 20.7 Å². The minimum Gasteiger partial charge on any atom is -0.352 e. The molecular weight excluding hydrogens is 264 g/mol. The van der Waals surface area contributed by atoms with Crippen molar-refractivity contribution in [2.75, 3.05) is 0 Å².